The molecule has 4 rings (SSSR count). The molecule has 5 heteroatoms. The molecule has 30 heavy (non-hydrogen) atoms. The first-order valence-corrected chi connectivity index (χ1v) is 11.9. The van der Waals surface area contributed by atoms with Crippen LogP contribution in [-0.4, -0.2) is 30.9 Å². The van der Waals surface area contributed by atoms with Crippen molar-refractivity contribution in [3.8, 4) is 0 Å². The molecule has 4 aliphatic carbocycles. The van der Waals surface area contributed by atoms with Gasteiger partial charge < -0.3 is 9.47 Å². The summed E-state index contributed by atoms with van der Waals surface area (Å²) in [5, 5.41) is 0. The number of carbonyl (C=O) groups excluding carboxylic acids is 3. The van der Waals surface area contributed by atoms with Crippen molar-refractivity contribution in [1.82, 2.24) is 0 Å². The molecular formula is C25H38O5. The largest absolute Gasteiger partial charge is 0.469 e. The molecule has 9 atom stereocenters. The second-order valence-corrected chi connectivity index (χ2v) is 11.1. The van der Waals surface area contributed by atoms with E-state index in [1.165, 1.54) is 14.0 Å². The minimum atomic E-state index is -0.230. The zero-order valence-corrected chi connectivity index (χ0v) is 19.2. The van der Waals surface area contributed by atoms with Crippen LogP contribution in [0.5, 0.6) is 0 Å². The van der Waals surface area contributed by atoms with E-state index in [1.54, 1.807) is 0 Å². The number of rotatable bonds is 3. The van der Waals surface area contributed by atoms with Crippen LogP contribution in [0.3, 0.4) is 0 Å². The van der Waals surface area contributed by atoms with E-state index in [1.807, 2.05) is 6.92 Å². The molecule has 4 aliphatic rings. The Morgan fingerprint density at radius 2 is 1.83 bits per heavy atom. The molecule has 5 nitrogen and oxygen atoms in total. The lowest BCUT2D eigenvalue weighted by atomic mass is 9.44. The predicted molar refractivity (Wildman–Crippen MR) is 112 cm³/mol. The van der Waals surface area contributed by atoms with Gasteiger partial charge in [-0.2, -0.15) is 0 Å². The smallest absolute Gasteiger partial charge is 0.308 e. The summed E-state index contributed by atoms with van der Waals surface area (Å²) in [5.74, 6) is 1.99. The number of methoxy groups -OCH3 is 1. The van der Waals surface area contributed by atoms with Gasteiger partial charge in [-0.1, -0.05) is 20.8 Å². The summed E-state index contributed by atoms with van der Waals surface area (Å²) in [6, 6.07) is 0. The summed E-state index contributed by atoms with van der Waals surface area (Å²) < 4.78 is 11.1. The van der Waals surface area contributed by atoms with Gasteiger partial charge in [0.25, 0.3) is 0 Å². The van der Waals surface area contributed by atoms with Gasteiger partial charge in [0.2, 0.25) is 0 Å². The van der Waals surface area contributed by atoms with Gasteiger partial charge >= 0.3 is 11.9 Å². The number of carbonyl (C=O) groups is 3. The average Bonchev–Trinajstić information content (AvgIpc) is 3.06. The topological polar surface area (TPSA) is 69.7 Å². The van der Waals surface area contributed by atoms with E-state index in [0.717, 1.165) is 44.9 Å². The molecule has 0 N–H and O–H groups in total. The molecule has 0 radical (unpaired) electrons. The summed E-state index contributed by atoms with van der Waals surface area (Å²) in [4.78, 5) is 36.7. The van der Waals surface area contributed by atoms with Gasteiger partial charge in [0.1, 0.15) is 11.9 Å². The molecule has 4 fully saturated rings. The molecule has 0 heterocycles. The van der Waals surface area contributed by atoms with Crippen molar-refractivity contribution in [2.24, 2.45) is 46.3 Å². The van der Waals surface area contributed by atoms with E-state index in [4.69, 9.17) is 9.47 Å². The van der Waals surface area contributed by atoms with Crippen molar-refractivity contribution in [2.75, 3.05) is 7.11 Å². The molecule has 0 amide bonds. The van der Waals surface area contributed by atoms with E-state index >= 15 is 0 Å². The predicted octanol–water partition coefficient (Wildman–Crippen LogP) is 4.57. The van der Waals surface area contributed by atoms with Crippen molar-refractivity contribution in [3.05, 3.63) is 0 Å². The third kappa shape index (κ3) is 3.14. The first-order valence-electron chi connectivity index (χ1n) is 11.9. The Bertz CT molecular complexity index is 731. The van der Waals surface area contributed by atoms with E-state index < -0.39 is 0 Å². The summed E-state index contributed by atoms with van der Waals surface area (Å²) in [7, 11) is 1.46. The number of Topliss-reactive ketones (excluding diaryl/α,β-unsaturated/α-hetero) is 1. The lowest BCUT2D eigenvalue weighted by molar-refractivity contribution is -0.194. The molecule has 0 aliphatic heterocycles. The van der Waals surface area contributed by atoms with Crippen molar-refractivity contribution in [2.45, 2.75) is 85.2 Å². The Labute approximate surface area is 180 Å². The number of hydrogen-bond acceptors (Lipinski definition) is 5. The highest BCUT2D eigenvalue weighted by molar-refractivity contribution is 5.79. The average molecular weight is 419 g/mol. The number of esters is 2. The SMILES string of the molecule is COC(=O)C(C)C1CCC2C3CCC4CC(=O)CCC4(C)C3CC(OC(C)=O)C12C. The van der Waals surface area contributed by atoms with E-state index in [0.29, 0.717) is 35.9 Å². The number of hydrogen-bond donors (Lipinski definition) is 0. The first kappa shape index (κ1) is 21.8. The van der Waals surface area contributed by atoms with Crippen LogP contribution in [0.25, 0.3) is 0 Å². The van der Waals surface area contributed by atoms with Crippen molar-refractivity contribution in [1.29, 1.82) is 0 Å². The molecule has 0 aromatic rings. The van der Waals surface area contributed by atoms with Crippen molar-refractivity contribution in [3.63, 3.8) is 0 Å². The monoisotopic (exact) mass is 418 g/mol. The highest BCUT2D eigenvalue weighted by atomic mass is 16.5. The Hall–Kier alpha value is -1.39. The summed E-state index contributed by atoms with van der Waals surface area (Å²) >= 11 is 0. The van der Waals surface area contributed by atoms with Crippen LogP contribution in [0.2, 0.25) is 0 Å². The summed E-state index contributed by atoms with van der Waals surface area (Å²) in [5.41, 5.74) is -0.0449. The van der Waals surface area contributed by atoms with Crippen LogP contribution >= 0.6 is 0 Å². The standard InChI is InChI=1S/C25H38O5/c1-14(23(28)29-5)19-8-9-20-18-7-6-16-12-17(27)10-11-24(16,3)21(18)13-22(25(19,20)4)30-15(2)26/h14,16,18-22H,6-13H2,1-5H3. The maximum absolute atomic E-state index is 12.4. The fraction of sp³-hybridized carbons (Fsp3) is 0.880. The van der Waals surface area contributed by atoms with Gasteiger partial charge in [-0.25, -0.2) is 0 Å². The van der Waals surface area contributed by atoms with Gasteiger partial charge in [0.05, 0.1) is 13.0 Å². The Morgan fingerprint density at radius 3 is 2.50 bits per heavy atom. The van der Waals surface area contributed by atoms with E-state index in [2.05, 4.69) is 13.8 Å². The minimum Gasteiger partial charge on any atom is -0.469 e. The lowest BCUT2D eigenvalue weighted by Gasteiger charge is -2.62. The van der Waals surface area contributed by atoms with Crippen LogP contribution < -0.4 is 0 Å². The molecule has 0 saturated heterocycles. The number of ketones is 1. The van der Waals surface area contributed by atoms with Crippen LogP contribution in [0, 0.1) is 46.3 Å². The third-order valence-corrected chi connectivity index (χ3v) is 10.1. The molecule has 168 valence electrons. The molecule has 0 spiro atoms. The van der Waals surface area contributed by atoms with Crippen LogP contribution in [-0.2, 0) is 23.9 Å². The third-order valence-electron chi connectivity index (χ3n) is 10.1. The summed E-state index contributed by atoms with van der Waals surface area (Å²) in [6.07, 6.45) is 7.43. The van der Waals surface area contributed by atoms with Gasteiger partial charge in [-0.15, -0.1) is 0 Å². The highest BCUT2D eigenvalue weighted by Crippen LogP contribution is 2.68. The fourth-order valence-corrected chi connectivity index (χ4v) is 8.56. The van der Waals surface area contributed by atoms with Gasteiger partial charge in [-0.3, -0.25) is 14.4 Å². The normalized spacial score (nSPS) is 46.2. The van der Waals surface area contributed by atoms with Gasteiger partial charge in [0, 0.05) is 25.2 Å². The minimum absolute atomic E-state index is 0.155. The first-order chi connectivity index (χ1) is 14.1. The number of fused-ring (bicyclic) bond motifs is 5. The maximum Gasteiger partial charge on any atom is 0.308 e. The zero-order valence-electron chi connectivity index (χ0n) is 19.2. The quantitative estimate of drug-likeness (QED) is 0.628. The Balaban J connectivity index is 1.70. The molecule has 0 aromatic heterocycles. The van der Waals surface area contributed by atoms with Crippen LogP contribution in [0.15, 0.2) is 0 Å². The second-order valence-electron chi connectivity index (χ2n) is 11.1. The van der Waals surface area contributed by atoms with Crippen LogP contribution in [0.1, 0.15) is 79.1 Å². The van der Waals surface area contributed by atoms with Crippen molar-refractivity contribution >= 4 is 17.7 Å². The molecule has 0 bridgehead atoms. The van der Waals surface area contributed by atoms with Gasteiger partial charge in [-0.05, 0) is 73.5 Å². The molecular weight excluding hydrogens is 380 g/mol. The van der Waals surface area contributed by atoms with Crippen molar-refractivity contribution < 1.29 is 23.9 Å². The Morgan fingerprint density at radius 1 is 1.10 bits per heavy atom. The summed E-state index contributed by atoms with van der Waals surface area (Å²) in [6.45, 7) is 8.16. The lowest BCUT2D eigenvalue weighted by Crippen LogP contribution is -2.59. The zero-order chi connectivity index (χ0) is 21.8. The number of ether oxygens (including phenoxy) is 2. The maximum atomic E-state index is 12.4. The highest BCUT2D eigenvalue weighted by Gasteiger charge is 2.65. The molecule has 4 saturated carbocycles. The second kappa shape index (κ2) is 7.63. The van der Waals surface area contributed by atoms with E-state index in [-0.39, 0.29) is 40.7 Å². The molecule has 0 aromatic carbocycles. The van der Waals surface area contributed by atoms with Gasteiger partial charge in [0.15, 0.2) is 0 Å². The Kier molecular flexibility index (Phi) is 5.55. The van der Waals surface area contributed by atoms with Crippen LogP contribution in [0.4, 0.5) is 0 Å². The van der Waals surface area contributed by atoms with E-state index in [9.17, 15) is 14.4 Å². The molecule has 9 unspecified atom stereocenters. The fourth-order valence-electron chi connectivity index (χ4n) is 8.56.